The molecule has 0 aliphatic heterocycles. The Morgan fingerprint density at radius 3 is 2.18 bits per heavy atom. The van der Waals surface area contributed by atoms with Crippen LogP contribution in [0.2, 0.25) is 0 Å². The number of para-hydroxylation sites is 1. The number of aromatic amines is 1. The first kappa shape index (κ1) is 26.3. The summed E-state index contributed by atoms with van der Waals surface area (Å²) in [5.41, 5.74) is 0.963. The van der Waals surface area contributed by atoms with Crippen molar-refractivity contribution in [2.45, 2.75) is 31.2 Å². The molecule has 0 amide bonds. The second-order valence-electron chi connectivity index (χ2n) is 9.41. The number of rotatable bonds is 9. The van der Waals surface area contributed by atoms with Crippen LogP contribution in [0.15, 0.2) is 113 Å². The molecule has 0 aliphatic rings. The van der Waals surface area contributed by atoms with Crippen LogP contribution in [0.25, 0.3) is 27.7 Å². The van der Waals surface area contributed by atoms with E-state index in [4.69, 9.17) is 0 Å². The molecule has 5 aromatic rings. The Bertz CT molecular complexity index is 1790. The van der Waals surface area contributed by atoms with Crippen LogP contribution in [0.5, 0.6) is 0 Å². The van der Waals surface area contributed by atoms with E-state index < -0.39 is 34.0 Å². The Morgan fingerprint density at radius 2 is 1.49 bits per heavy atom. The highest BCUT2D eigenvalue weighted by Gasteiger charge is 2.34. The molecule has 8 heteroatoms. The van der Waals surface area contributed by atoms with E-state index in [1.165, 1.54) is 8.99 Å². The number of hydrogen-bond acceptors (Lipinski definition) is 4. The molecular weight excluding hydrogens is 510 g/mol. The molecule has 0 spiro atoms. The van der Waals surface area contributed by atoms with Crippen molar-refractivity contribution in [2.75, 3.05) is 6.54 Å². The van der Waals surface area contributed by atoms with E-state index in [0.717, 1.165) is 5.39 Å². The number of aromatic nitrogens is 2. The van der Waals surface area contributed by atoms with Crippen LogP contribution in [0.4, 0.5) is 0 Å². The predicted octanol–water partition coefficient (Wildman–Crippen LogP) is 5.66. The van der Waals surface area contributed by atoms with Crippen molar-refractivity contribution in [1.82, 2.24) is 14.1 Å². The van der Waals surface area contributed by atoms with E-state index in [9.17, 15) is 18.0 Å². The van der Waals surface area contributed by atoms with Crippen LogP contribution >= 0.6 is 0 Å². The summed E-state index contributed by atoms with van der Waals surface area (Å²) < 4.78 is 30.7. The number of carbonyl (C=O) groups excluding carboxylic acids is 1. The van der Waals surface area contributed by atoms with E-state index >= 15 is 0 Å². The molecule has 1 unspecified atom stereocenters. The number of ketones is 1. The van der Waals surface area contributed by atoms with Gasteiger partial charge in [-0.2, -0.15) is 4.31 Å². The molecule has 1 atom stereocenters. The third-order valence-corrected chi connectivity index (χ3v) is 8.98. The summed E-state index contributed by atoms with van der Waals surface area (Å²) in [6, 6.07) is 29.9. The van der Waals surface area contributed by atoms with Gasteiger partial charge < -0.3 is 0 Å². The van der Waals surface area contributed by atoms with Gasteiger partial charge in [0.15, 0.2) is 5.78 Å². The average Bonchev–Trinajstić information content (AvgIpc) is 3.32. The minimum atomic E-state index is -4.08. The summed E-state index contributed by atoms with van der Waals surface area (Å²) >= 11 is 0. The minimum Gasteiger partial charge on any atom is -0.292 e. The van der Waals surface area contributed by atoms with Crippen LogP contribution in [-0.2, 0) is 10.0 Å². The largest absolute Gasteiger partial charge is 0.292 e. The molecule has 0 saturated carbocycles. The van der Waals surface area contributed by atoms with Gasteiger partial charge in [0.05, 0.1) is 22.8 Å². The van der Waals surface area contributed by atoms with Crippen LogP contribution in [0, 0.1) is 0 Å². The van der Waals surface area contributed by atoms with Gasteiger partial charge in [-0.3, -0.25) is 14.7 Å². The quantitative estimate of drug-likeness (QED) is 0.245. The number of nitrogens with zero attached hydrogens (tertiary/aromatic N) is 2. The lowest BCUT2D eigenvalue weighted by Gasteiger charge is -2.27. The van der Waals surface area contributed by atoms with Gasteiger partial charge in [0.25, 0.3) is 5.56 Å². The Balaban J connectivity index is 1.62. The third kappa shape index (κ3) is 4.96. The topological polar surface area (TPSA) is 92.2 Å². The van der Waals surface area contributed by atoms with Crippen molar-refractivity contribution < 1.29 is 13.2 Å². The second-order valence-corrected chi connectivity index (χ2v) is 11.3. The Kier molecular flexibility index (Phi) is 7.32. The molecule has 5 rings (SSSR count). The van der Waals surface area contributed by atoms with Gasteiger partial charge >= 0.3 is 0 Å². The van der Waals surface area contributed by atoms with E-state index in [1.807, 2.05) is 49.4 Å². The predicted molar refractivity (Wildman–Crippen MR) is 154 cm³/mol. The molecule has 1 heterocycles. The van der Waals surface area contributed by atoms with Gasteiger partial charge in [0, 0.05) is 17.0 Å². The number of sulfonamides is 1. The first-order valence-corrected chi connectivity index (χ1v) is 14.3. The van der Waals surface area contributed by atoms with Crippen LogP contribution in [0.3, 0.4) is 0 Å². The zero-order valence-corrected chi connectivity index (χ0v) is 22.6. The van der Waals surface area contributed by atoms with Crippen LogP contribution < -0.4 is 5.56 Å². The second kappa shape index (κ2) is 10.8. The van der Waals surface area contributed by atoms with E-state index in [0.29, 0.717) is 28.8 Å². The fourth-order valence-corrected chi connectivity index (χ4v) is 6.59. The van der Waals surface area contributed by atoms with Crippen molar-refractivity contribution in [3.8, 4) is 16.9 Å². The number of hydrogen-bond donors (Lipinski definition) is 1. The van der Waals surface area contributed by atoms with Crippen molar-refractivity contribution in [1.29, 1.82) is 0 Å². The summed E-state index contributed by atoms with van der Waals surface area (Å²) in [6.07, 6.45) is 0.490. The summed E-state index contributed by atoms with van der Waals surface area (Å²) in [4.78, 5) is 27.7. The number of carbonyl (C=O) groups is 1. The molecule has 7 nitrogen and oxygen atoms in total. The molecule has 0 saturated heterocycles. The van der Waals surface area contributed by atoms with Crippen molar-refractivity contribution in [2.24, 2.45) is 0 Å². The van der Waals surface area contributed by atoms with Gasteiger partial charge in [0.2, 0.25) is 10.0 Å². The number of benzene rings is 4. The Labute approximate surface area is 227 Å². The Morgan fingerprint density at radius 1 is 0.872 bits per heavy atom. The molecule has 1 N–H and O–H groups in total. The Hall–Kier alpha value is -4.27. The van der Waals surface area contributed by atoms with Crippen LogP contribution in [-0.4, -0.2) is 40.9 Å². The zero-order chi connectivity index (χ0) is 27.6. The molecule has 0 aliphatic carbocycles. The van der Waals surface area contributed by atoms with Crippen molar-refractivity contribution in [3.05, 3.63) is 119 Å². The number of nitrogens with one attached hydrogen (secondary N) is 1. The molecule has 1 aromatic heterocycles. The minimum absolute atomic E-state index is 0.0773. The molecule has 39 heavy (non-hydrogen) atoms. The lowest BCUT2D eigenvalue weighted by Crippen LogP contribution is -2.42. The van der Waals surface area contributed by atoms with Gasteiger partial charge in [-0.25, -0.2) is 13.1 Å². The smallest absolute Gasteiger partial charge is 0.282 e. The van der Waals surface area contributed by atoms with E-state index in [1.54, 1.807) is 67.6 Å². The molecule has 0 bridgehead atoms. The normalized spacial score (nSPS) is 12.6. The molecule has 4 aromatic carbocycles. The number of Topliss-reactive ketones (excluding diaryl/α,β-unsaturated/α-hetero) is 1. The summed E-state index contributed by atoms with van der Waals surface area (Å²) in [5.74, 6) is -0.575. The van der Waals surface area contributed by atoms with Crippen molar-refractivity contribution in [3.63, 3.8) is 0 Å². The molecular formula is C31H29N3O4S. The van der Waals surface area contributed by atoms with Crippen molar-refractivity contribution >= 4 is 26.6 Å². The monoisotopic (exact) mass is 539 g/mol. The lowest BCUT2D eigenvalue weighted by molar-refractivity contribution is 0.0954. The van der Waals surface area contributed by atoms with Gasteiger partial charge in [-0.05, 0) is 36.9 Å². The van der Waals surface area contributed by atoms with Crippen LogP contribution in [0.1, 0.15) is 30.6 Å². The molecule has 0 radical (unpaired) electrons. The summed E-state index contributed by atoms with van der Waals surface area (Å²) in [7, 11) is -4.08. The average molecular weight is 540 g/mol. The first-order valence-electron chi connectivity index (χ1n) is 12.8. The zero-order valence-electron chi connectivity index (χ0n) is 21.7. The lowest BCUT2D eigenvalue weighted by atomic mass is 10.0. The maximum atomic E-state index is 14.1. The van der Waals surface area contributed by atoms with E-state index in [2.05, 4.69) is 5.10 Å². The summed E-state index contributed by atoms with van der Waals surface area (Å²) in [6.45, 7) is 3.17. The fourth-order valence-electron chi connectivity index (χ4n) is 4.72. The maximum absolute atomic E-state index is 14.1. The number of H-pyrrole nitrogens is 1. The summed E-state index contributed by atoms with van der Waals surface area (Å²) in [5, 5.41) is 4.46. The van der Waals surface area contributed by atoms with Gasteiger partial charge in [-0.15, -0.1) is 0 Å². The first-order chi connectivity index (χ1) is 18.8. The van der Waals surface area contributed by atoms with E-state index in [-0.39, 0.29) is 10.5 Å². The maximum Gasteiger partial charge on any atom is 0.282 e. The van der Waals surface area contributed by atoms with Gasteiger partial charge in [-0.1, -0.05) is 91.9 Å². The number of fused-ring (bicyclic) bond motifs is 1. The molecule has 198 valence electrons. The van der Waals surface area contributed by atoms with Gasteiger partial charge in [0.1, 0.15) is 5.56 Å². The third-order valence-electron chi connectivity index (χ3n) is 6.96. The SMILES string of the molecule is CCC(C)N(CC(=O)c1c(-c2ccccc2)[nH]n(-c2ccccc2)c1=O)S(=O)(=O)c1cccc2ccccc12. The highest BCUT2D eigenvalue weighted by Crippen LogP contribution is 2.28. The highest BCUT2D eigenvalue weighted by atomic mass is 32.2. The fraction of sp³-hybridized carbons (Fsp3) is 0.161. The standard InChI is InChI=1S/C31H29N3O4S/c1-3-22(2)33(39(37,38)28-20-12-16-23-13-10-11-19-26(23)28)21-27(35)29-30(24-14-6-4-7-15-24)32-34(31(29)36)25-17-8-5-9-18-25/h4-20,22,32H,3,21H2,1-2H3. The highest BCUT2D eigenvalue weighted by molar-refractivity contribution is 7.89. The molecule has 0 fully saturated rings.